The summed E-state index contributed by atoms with van der Waals surface area (Å²) in [5, 5.41) is 3.59. The minimum absolute atomic E-state index is 0.0187. The molecule has 0 spiro atoms. The first-order chi connectivity index (χ1) is 9.84. The summed E-state index contributed by atoms with van der Waals surface area (Å²) in [6.45, 7) is 12.8. The Kier molecular flexibility index (Phi) is 4.79. The van der Waals surface area contributed by atoms with Gasteiger partial charge in [0.1, 0.15) is 6.17 Å². The second kappa shape index (κ2) is 6.09. The van der Waals surface area contributed by atoms with Gasteiger partial charge < -0.3 is 4.90 Å². The third-order valence-corrected chi connectivity index (χ3v) is 6.14. The van der Waals surface area contributed by atoms with Crippen molar-refractivity contribution in [1.82, 2.24) is 10.2 Å². The average Bonchev–Trinajstić information content (AvgIpc) is 3.01. The molecule has 1 aliphatic rings. The first-order valence-corrected chi connectivity index (χ1v) is 8.82. The van der Waals surface area contributed by atoms with Crippen molar-refractivity contribution < 1.29 is 4.79 Å². The molecule has 3 nitrogen and oxygen atoms in total. The van der Waals surface area contributed by atoms with E-state index in [0.717, 1.165) is 12.8 Å². The zero-order valence-electron chi connectivity index (χ0n) is 14.1. The molecule has 2 heterocycles. The molecule has 1 aromatic heterocycles. The maximum absolute atomic E-state index is 13.0. The molecule has 2 rings (SSSR count). The fraction of sp³-hybridized carbons (Fsp3) is 0.706. The highest BCUT2D eigenvalue weighted by molar-refractivity contribution is 7.12. The van der Waals surface area contributed by atoms with Crippen molar-refractivity contribution in [2.45, 2.75) is 72.1 Å². The third-order valence-electron chi connectivity index (χ3n) is 5.08. The van der Waals surface area contributed by atoms with Crippen LogP contribution < -0.4 is 5.32 Å². The number of aryl methyl sites for hydroxylation is 1. The minimum atomic E-state index is -0.440. The summed E-state index contributed by atoms with van der Waals surface area (Å²) in [5.74, 6) is 0.743. The molecule has 0 radical (unpaired) electrons. The monoisotopic (exact) mass is 308 g/mol. The number of rotatable bonds is 5. The number of nitrogens with zero attached hydrogens (tertiary/aromatic N) is 1. The van der Waals surface area contributed by atoms with Crippen LogP contribution in [-0.2, 0) is 4.79 Å². The molecular formula is C17H28N2OS. The number of carbonyl (C=O) groups is 1. The minimum Gasteiger partial charge on any atom is -0.318 e. The second-order valence-corrected chi connectivity index (χ2v) is 7.84. The first-order valence-electron chi connectivity index (χ1n) is 8.00. The van der Waals surface area contributed by atoms with Crippen LogP contribution in [0.5, 0.6) is 0 Å². The predicted octanol–water partition coefficient (Wildman–Crippen LogP) is 4.09. The van der Waals surface area contributed by atoms with Crippen molar-refractivity contribution in [1.29, 1.82) is 0 Å². The van der Waals surface area contributed by atoms with E-state index in [0.29, 0.717) is 5.92 Å². The Labute approximate surface area is 132 Å². The average molecular weight is 308 g/mol. The highest BCUT2D eigenvalue weighted by Gasteiger charge is 2.49. The van der Waals surface area contributed by atoms with Crippen LogP contribution in [-0.4, -0.2) is 22.4 Å². The molecule has 0 aliphatic carbocycles. The molecule has 4 heteroatoms. The molecule has 1 N–H and O–H groups in total. The van der Waals surface area contributed by atoms with E-state index in [9.17, 15) is 4.79 Å². The predicted molar refractivity (Wildman–Crippen MR) is 89.4 cm³/mol. The van der Waals surface area contributed by atoms with Gasteiger partial charge in [0.2, 0.25) is 5.91 Å². The van der Waals surface area contributed by atoms with Gasteiger partial charge in [0.25, 0.3) is 0 Å². The van der Waals surface area contributed by atoms with E-state index in [1.807, 2.05) is 6.92 Å². The summed E-state index contributed by atoms with van der Waals surface area (Å²) >= 11 is 1.78. The molecule has 0 aromatic carbocycles. The molecule has 1 fully saturated rings. The van der Waals surface area contributed by atoms with E-state index in [2.05, 4.69) is 57.0 Å². The third kappa shape index (κ3) is 2.88. The van der Waals surface area contributed by atoms with Crippen LogP contribution in [0.15, 0.2) is 12.1 Å². The van der Waals surface area contributed by atoms with Gasteiger partial charge in [0.05, 0.1) is 5.54 Å². The van der Waals surface area contributed by atoms with Crippen LogP contribution in [0, 0.1) is 12.8 Å². The van der Waals surface area contributed by atoms with Gasteiger partial charge >= 0.3 is 0 Å². The zero-order valence-corrected chi connectivity index (χ0v) is 14.9. The number of hydrogen-bond acceptors (Lipinski definition) is 3. The van der Waals surface area contributed by atoms with Crippen LogP contribution in [0.1, 0.15) is 63.4 Å². The molecule has 1 saturated heterocycles. The first kappa shape index (κ1) is 16.5. The van der Waals surface area contributed by atoms with Crippen LogP contribution in [0.3, 0.4) is 0 Å². The fourth-order valence-corrected chi connectivity index (χ4v) is 3.86. The normalized spacial score (nSPS) is 29.0. The molecule has 21 heavy (non-hydrogen) atoms. The van der Waals surface area contributed by atoms with E-state index >= 15 is 0 Å². The number of hydrogen-bond donors (Lipinski definition) is 1. The quantitative estimate of drug-likeness (QED) is 0.888. The van der Waals surface area contributed by atoms with Gasteiger partial charge in [-0.3, -0.25) is 10.1 Å². The van der Waals surface area contributed by atoms with Gasteiger partial charge in [-0.2, -0.15) is 0 Å². The summed E-state index contributed by atoms with van der Waals surface area (Å²) in [7, 11) is 0. The van der Waals surface area contributed by atoms with E-state index in [4.69, 9.17) is 0 Å². The molecule has 118 valence electrons. The fourth-order valence-electron chi connectivity index (χ4n) is 2.93. The molecule has 4 unspecified atom stereocenters. The Balaban J connectivity index is 2.38. The Bertz CT molecular complexity index is 513. The summed E-state index contributed by atoms with van der Waals surface area (Å²) in [6.07, 6.45) is 1.92. The Morgan fingerprint density at radius 1 is 1.38 bits per heavy atom. The maximum Gasteiger partial charge on any atom is 0.244 e. The molecule has 4 atom stereocenters. The van der Waals surface area contributed by atoms with Crippen molar-refractivity contribution in [3.63, 3.8) is 0 Å². The number of thiophene rings is 1. The molecule has 1 aliphatic heterocycles. The number of amides is 1. The van der Waals surface area contributed by atoms with Crippen molar-refractivity contribution in [3.05, 3.63) is 21.9 Å². The van der Waals surface area contributed by atoms with Crippen molar-refractivity contribution in [2.75, 3.05) is 0 Å². The molecular weight excluding hydrogens is 280 g/mol. The van der Waals surface area contributed by atoms with Crippen molar-refractivity contribution in [3.8, 4) is 0 Å². The summed E-state index contributed by atoms with van der Waals surface area (Å²) in [5.41, 5.74) is -0.440. The largest absolute Gasteiger partial charge is 0.318 e. The molecule has 1 amide bonds. The lowest BCUT2D eigenvalue weighted by atomic mass is 9.96. The smallest absolute Gasteiger partial charge is 0.244 e. The second-order valence-electron chi connectivity index (χ2n) is 6.52. The van der Waals surface area contributed by atoms with Crippen LogP contribution >= 0.6 is 11.3 Å². The van der Waals surface area contributed by atoms with Gasteiger partial charge in [0.15, 0.2) is 0 Å². The Hall–Kier alpha value is -0.870. The van der Waals surface area contributed by atoms with Gasteiger partial charge in [0, 0.05) is 15.8 Å². The summed E-state index contributed by atoms with van der Waals surface area (Å²) < 4.78 is 0. The zero-order chi connectivity index (χ0) is 15.8. The maximum atomic E-state index is 13.0. The number of nitrogens with one attached hydrogen (secondary N) is 1. The molecule has 1 aromatic rings. The van der Waals surface area contributed by atoms with Gasteiger partial charge in [-0.1, -0.05) is 27.2 Å². The van der Waals surface area contributed by atoms with E-state index in [1.54, 1.807) is 11.3 Å². The van der Waals surface area contributed by atoms with E-state index in [1.165, 1.54) is 9.75 Å². The lowest BCUT2D eigenvalue weighted by Gasteiger charge is -2.33. The standard InChI is InChI=1S/C17H28N2OS/c1-7-11(3)13(5)19-15(14-10-9-12(4)21-14)18-17(6,8-2)16(19)20/h9-11,13,15,18H,7-8H2,1-6H3. The Morgan fingerprint density at radius 2 is 2.05 bits per heavy atom. The lowest BCUT2D eigenvalue weighted by molar-refractivity contribution is -0.135. The molecule has 0 saturated carbocycles. The van der Waals surface area contributed by atoms with Crippen LogP contribution in [0.25, 0.3) is 0 Å². The summed E-state index contributed by atoms with van der Waals surface area (Å²) in [6, 6.07) is 4.54. The molecule has 0 bridgehead atoms. The number of carbonyl (C=O) groups excluding carboxylic acids is 1. The topological polar surface area (TPSA) is 32.3 Å². The van der Waals surface area contributed by atoms with Crippen molar-refractivity contribution >= 4 is 17.2 Å². The van der Waals surface area contributed by atoms with Gasteiger partial charge in [-0.25, -0.2) is 0 Å². The van der Waals surface area contributed by atoms with Crippen LogP contribution in [0.4, 0.5) is 0 Å². The Morgan fingerprint density at radius 3 is 2.52 bits per heavy atom. The van der Waals surface area contributed by atoms with Gasteiger partial charge in [-0.15, -0.1) is 11.3 Å². The van der Waals surface area contributed by atoms with Crippen LogP contribution in [0.2, 0.25) is 0 Å². The highest BCUT2D eigenvalue weighted by atomic mass is 32.1. The highest BCUT2D eigenvalue weighted by Crippen LogP contribution is 2.38. The van der Waals surface area contributed by atoms with Gasteiger partial charge in [-0.05, 0) is 45.2 Å². The van der Waals surface area contributed by atoms with E-state index < -0.39 is 5.54 Å². The van der Waals surface area contributed by atoms with Crippen molar-refractivity contribution in [2.24, 2.45) is 5.92 Å². The lowest BCUT2D eigenvalue weighted by Crippen LogP contribution is -2.45. The SMILES string of the molecule is CCC(C)C(C)N1C(=O)C(C)(CC)NC1c1ccc(C)s1. The summed E-state index contributed by atoms with van der Waals surface area (Å²) in [4.78, 5) is 17.6. The van der Waals surface area contributed by atoms with E-state index in [-0.39, 0.29) is 18.1 Å².